The summed E-state index contributed by atoms with van der Waals surface area (Å²) in [4.78, 5) is 6.91. The molecule has 2 aromatic carbocycles. The van der Waals surface area contributed by atoms with Gasteiger partial charge >= 0.3 is 0 Å². The maximum atomic E-state index is 5.93. The van der Waals surface area contributed by atoms with Crippen molar-refractivity contribution in [2.45, 2.75) is 46.7 Å². The molecule has 0 unspecified atom stereocenters. The molecule has 1 aliphatic heterocycles. The highest BCUT2D eigenvalue weighted by atomic mass is 32.1. The van der Waals surface area contributed by atoms with Crippen LogP contribution in [0.2, 0.25) is 0 Å². The first-order chi connectivity index (χ1) is 17.3. The lowest BCUT2D eigenvalue weighted by Crippen LogP contribution is -2.29. The number of nitrogens with zero attached hydrogens (tertiary/aromatic N) is 3. The molecule has 0 amide bonds. The molecule has 1 saturated heterocycles. The van der Waals surface area contributed by atoms with Crippen LogP contribution in [0.15, 0.2) is 66.9 Å². The number of aryl methyl sites for hydroxylation is 4. The van der Waals surface area contributed by atoms with Gasteiger partial charge in [-0.2, -0.15) is 0 Å². The van der Waals surface area contributed by atoms with Gasteiger partial charge in [-0.3, -0.25) is 4.98 Å². The van der Waals surface area contributed by atoms with E-state index in [0.717, 1.165) is 17.1 Å². The maximum absolute atomic E-state index is 5.93. The molecule has 0 radical (unpaired) electrons. The van der Waals surface area contributed by atoms with E-state index >= 15 is 0 Å². The summed E-state index contributed by atoms with van der Waals surface area (Å²) >= 11 is 5.93. The maximum Gasteiger partial charge on any atom is 0.174 e. The summed E-state index contributed by atoms with van der Waals surface area (Å²) in [5, 5.41) is 4.25. The molecule has 1 N–H and O–H groups in total. The molecule has 36 heavy (non-hydrogen) atoms. The van der Waals surface area contributed by atoms with E-state index in [1.54, 1.807) is 7.11 Å². The van der Waals surface area contributed by atoms with Crippen molar-refractivity contribution in [1.29, 1.82) is 0 Å². The Kier molecular flexibility index (Phi) is 6.31. The van der Waals surface area contributed by atoms with Crippen molar-refractivity contribution in [1.82, 2.24) is 14.9 Å². The van der Waals surface area contributed by atoms with Gasteiger partial charge in [0.1, 0.15) is 5.75 Å². The average Bonchev–Trinajstić information content (AvgIpc) is 3.35. The molecule has 2 aromatic heterocycles. The van der Waals surface area contributed by atoms with Gasteiger partial charge in [-0.05, 0) is 93.9 Å². The van der Waals surface area contributed by atoms with E-state index in [2.05, 4.69) is 79.7 Å². The van der Waals surface area contributed by atoms with Crippen LogP contribution in [0.25, 0.3) is 5.69 Å². The van der Waals surface area contributed by atoms with Crippen LogP contribution in [0.5, 0.6) is 5.75 Å². The van der Waals surface area contributed by atoms with Crippen molar-refractivity contribution >= 4 is 23.0 Å². The number of hydrogen-bond acceptors (Lipinski definition) is 3. The van der Waals surface area contributed by atoms with Crippen LogP contribution in [0.1, 0.15) is 51.4 Å². The Hall–Kier alpha value is -3.64. The number of rotatable bonds is 5. The van der Waals surface area contributed by atoms with Gasteiger partial charge < -0.3 is 19.5 Å². The van der Waals surface area contributed by atoms with Gasteiger partial charge in [0.25, 0.3) is 0 Å². The predicted octanol–water partition coefficient (Wildman–Crippen LogP) is 6.60. The van der Waals surface area contributed by atoms with E-state index in [0.29, 0.717) is 5.11 Å². The minimum Gasteiger partial charge on any atom is -0.497 e. The summed E-state index contributed by atoms with van der Waals surface area (Å²) in [7, 11) is 1.69. The summed E-state index contributed by atoms with van der Waals surface area (Å²) in [5.41, 5.74) is 10.6. The van der Waals surface area contributed by atoms with E-state index in [9.17, 15) is 0 Å². The van der Waals surface area contributed by atoms with Crippen molar-refractivity contribution < 1.29 is 4.74 Å². The molecule has 6 heteroatoms. The van der Waals surface area contributed by atoms with E-state index in [1.165, 1.54) is 39.3 Å². The predicted molar refractivity (Wildman–Crippen MR) is 150 cm³/mol. The fraction of sp³-hybridized carbons (Fsp3) is 0.267. The zero-order valence-corrected chi connectivity index (χ0v) is 22.5. The summed E-state index contributed by atoms with van der Waals surface area (Å²) in [6.45, 7) is 10.9. The third-order valence-corrected chi connectivity index (χ3v) is 7.39. The summed E-state index contributed by atoms with van der Waals surface area (Å²) in [6.07, 6.45) is 1.84. The molecule has 184 valence electrons. The Morgan fingerprint density at radius 1 is 0.917 bits per heavy atom. The number of ether oxygens (including phenoxy) is 1. The van der Waals surface area contributed by atoms with Gasteiger partial charge in [0.05, 0.1) is 30.6 Å². The Labute approximate surface area is 218 Å². The van der Waals surface area contributed by atoms with Crippen LogP contribution >= 0.6 is 12.2 Å². The second-order valence-corrected chi connectivity index (χ2v) is 9.99. The minimum atomic E-state index is -0.0981. The average molecular weight is 497 g/mol. The molecule has 0 bridgehead atoms. The van der Waals surface area contributed by atoms with Crippen LogP contribution in [-0.4, -0.2) is 21.8 Å². The van der Waals surface area contributed by atoms with Crippen molar-refractivity contribution in [3.63, 3.8) is 0 Å². The second kappa shape index (κ2) is 9.43. The first kappa shape index (κ1) is 24.1. The van der Waals surface area contributed by atoms with E-state index in [1.807, 2.05) is 36.5 Å². The molecule has 2 atom stereocenters. The third kappa shape index (κ3) is 4.05. The van der Waals surface area contributed by atoms with Crippen molar-refractivity contribution in [2.75, 3.05) is 12.0 Å². The quantitative estimate of drug-likeness (QED) is 0.315. The fourth-order valence-corrected chi connectivity index (χ4v) is 6.01. The number of pyridine rings is 1. The molecule has 4 aromatic rings. The molecular weight excluding hydrogens is 464 g/mol. The number of thiocarbonyl (C=S) groups is 1. The first-order valence-electron chi connectivity index (χ1n) is 12.2. The second-order valence-electron chi connectivity index (χ2n) is 9.61. The molecular formula is C30H32N4OS. The van der Waals surface area contributed by atoms with Crippen molar-refractivity contribution in [3.8, 4) is 11.4 Å². The monoisotopic (exact) mass is 496 g/mol. The zero-order valence-electron chi connectivity index (χ0n) is 21.7. The Balaban J connectivity index is 1.71. The van der Waals surface area contributed by atoms with Crippen LogP contribution < -0.4 is 15.0 Å². The van der Waals surface area contributed by atoms with Gasteiger partial charge in [-0.15, -0.1) is 0 Å². The highest BCUT2D eigenvalue weighted by molar-refractivity contribution is 7.80. The SMILES string of the molecule is COc1cccc(N2C(=S)N[C@H](c3ccccn3)[C@@H]2c2cc(C)n(-c3c(C)cc(C)cc3C)c2C)c1. The third-order valence-electron chi connectivity index (χ3n) is 7.08. The molecule has 1 aliphatic rings. The highest BCUT2D eigenvalue weighted by Gasteiger charge is 2.42. The summed E-state index contributed by atoms with van der Waals surface area (Å²) in [6, 6.07) is 20.8. The van der Waals surface area contributed by atoms with E-state index in [4.69, 9.17) is 21.9 Å². The van der Waals surface area contributed by atoms with Crippen molar-refractivity contribution in [2.24, 2.45) is 0 Å². The number of benzene rings is 2. The lowest BCUT2D eigenvalue weighted by Gasteiger charge is -2.28. The smallest absolute Gasteiger partial charge is 0.174 e. The minimum absolute atomic E-state index is 0.0782. The van der Waals surface area contributed by atoms with Gasteiger partial charge in [0.2, 0.25) is 0 Å². The molecule has 5 nitrogen and oxygen atoms in total. The van der Waals surface area contributed by atoms with Crippen molar-refractivity contribution in [3.05, 3.63) is 106 Å². The topological polar surface area (TPSA) is 42.3 Å². The van der Waals surface area contributed by atoms with Crippen LogP contribution in [0.3, 0.4) is 0 Å². The molecule has 0 spiro atoms. The van der Waals surface area contributed by atoms with Crippen LogP contribution in [0, 0.1) is 34.6 Å². The lowest BCUT2D eigenvalue weighted by molar-refractivity contribution is 0.415. The number of aromatic nitrogens is 2. The zero-order chi connectivity index (χ0) is 25.6. The number of anilines is 1. The van der Waals surface area contributed by atoms with Crippen LogP contribution in [0.4, 0.5) is 5.69 Å². The highest BCUT2D eigenvalue weighted by Crippen LogP contribution is 2.44. The molecule has 5 rings (SSSR count). The molecule has 0 aliphatic carbocycles. The Morgan fingerprint density at radius 3 is 2.33 bits per heavy atom. The van der Waals surface area contributed by atoms with Gasteiger partial charge in [0.15, 0.2) is 5.11 Å². The van der Waals surface area contributed by atoms with Crippen LogP contribution in [-0.2, 0) is 0 Å². The Morgan fingerprint density at radius 2 is 1.67 bits per heavy atom. The standard InChI is InChI=1S/C30H32N4OS/c1-18-14-19(2)28(20(3)15-18)33-21(4)16-25(22(33)5)29-27(26-12-7-8-13-31-26)32-30(36)34(29)23-10-9-11-24(17-23)35-6/h7-17,27,29H,1-6H3,(H,32,36)/t27-,29+/m1/s1. The number of nitrogens with one attached hydrogen (secondary N) is 1. The fourth-order valence-electron chi connectivity index (χ4n) is 5.67. The van der Waals surface area contributed by atoms with E-state index < -0.39 is 0 Å². The largest absolute Gasteiger partial charge is 0.497 e. The first-order valence-corrected chi connectivity index (χ1v) is 12.6. The number of hydrogen-bond donors (Lipinski definition) is 1. The van der Waals surface area contributed by atoms with Gasteiger partial charge in [-0.25, -0.2) is 0 Å². The Bertz CT molecular complexity index is 1420. The lowest BCUT2D eigenvalue weighted by atomic mass is 9.96. The summed E-state index contributed by atoms with van der Waals surface area (Å²) < 4.78 is 7.92. The normalized spacial score (nSPS) is 17.4. The molecule has 3 heterocycles. The summed E-state index contributed by atoms with van der Waals surface area (Å²) in [5.74, 6) is 0.798. The van der Waals surface area contributed by atoms with Gasteiger partial charge in [-0.1, -0.05) is 29.8 Å². The van der Waals surface area contributed by atoms with Gasteiger partial charge in [0, 0.05) is 29.3 Å². The number of methoxy groups -OCH3 is 1. The molecule has 1 fully saturated rings. The van der Waals surface area contributed by atoms with E-state index in [-0.39, 0.29) is 12.1 Å². The molecule has 0 saturated carbocycles.